The molecular weight excluding hydrogens is 351 g/mol. The van der Waals surface area contributed by atoms with E-state index in [4.69, 9.17) is 32.7 Å². The van der Waals surface area contributed by atoms with Gasteiger partial charge in [0.1, 0.15) is 12.4 Å². The van der Waals surface area contributed by atoms with Crippen molar-refractivity contribution in [2.75, 3.05) is 13.2 Å². The van der Waals surface area contributed by atoms with Crippen LogP contribution in [0.15, 0.2) is 48.0 Å². The third kappa shape index (κ3) is 3.61. The van der Waals surface area contributed by atoms with Crippen LogP contribution in [-0.2, 0) is 9.53 Å². The quantitative estimate of drug-likeness (QED) is 0.604. The number of carbonyl (C=O) groups excluding carboxylic acids is 2. The average molecular weight is 363 g/mol. The molecule has 4 nitrogen and oxygen atoms in total. The second kappa shape index (κ2) is 7.07. The fourth-order valence-electron chi connectivity index (χ4n) is 2.25. The smallest absolute Gasteiger partial charge is 0.337 e. The molecule has 1 aliphatic rings. The third-order valence-corrected chi connectivity index (χ3v) is 4.01. The summed E-state index contributed by atoms with van der Waals surface area (Å²) in [5.41, 5.74) is 1.40. The number of hydrogen-bond acceptors (Lipinski definition) is 4. The van der Waals surface area contributed by atoms with Crippen LogP contribution in [0, 0.1) is 0 Å². The molecule has 24 heavy (non-hydrogen) atoms. The molecule has 0 N–H and O–H groups in total. The van der Waals surface area contributed by atoms with Gasteiger partial charge in [0.2, 0.25) is 5.78 Å². The molecule has 0 fully saturated rings. The number of carbonyl (C=O) groups is 2. The van der Waals surface area contributed by atoms with Gasteiger partial charge in [-0.2, -0.15) is 0 Å². The maximum absolute atomic E-state index is 12.1. The van der Waals surface area contributed by atoms with Gasteiger partial charge in [-0.1, -0.05) is 41.4 Å². The highest BCUT2D eigenvalue weighted by Gasteiger charge is 2.20. The number of para-hydroxylation sites is 1. The lowest BCUT2D eigenvalue weighted by atomic mass is 10.1. The van der Waals surface area contributed by atoms with E-state index in [1.165, 1.54) is 12.1 Å². The van der Waals surface area contributed by atoms with Gasteiger partial charge in [0, 0.05) is 16.1 Å². The fraction of sp³-hybridized carbons (Fsp3) is 0.111. The summed E-state index contributed by atoms with van der Waals surface area (Å²) in [6, 6.07) is 11.9. The standard InChI is InChI=1S/C18H12Cl2O4/c19-13-5-6-14(15(20)8-13)16(21)10-24-18(22)12-7-11-3-1-2-4-17(11)23-9-12/h1-8H,9-10H2. The monoisotopic (exact) mass is 362 g/mol. The Morgan fingerprint density at radius 2 is 1.92 bits per heavy atom. The highest BCUT2D eigenvalue weighted by Crippen LogP contribution is 2.26. The maximum Gasteiger partial charge on any atom is 0.337 e. The highest BCUT2D eigenvalue weighted by molar-refractivity contribution is 6.36. The molecule has 0 saturated heterocycles. The normalized spacial score (nSPS) is 12.7. The zero-order chi connectivity index (χ0) is 17.1. The van der Waals surface area contributed by atoms with Crippen LogP contribution >= 0.6 is 23.2 Å². The number of esters is 1. The second-order valence-corrected chi connectivity index (χ2v) is 5.96. The predicted molar refractivity (Wildman–Crippen MR) is 91.7 cm³/mol. The number of ketones is 1. The third-order valence-electron chi connectivity index (χ3n) is 3.46. The zero-order valence-corrected chi connectivity index (χ0v) is 13.9. The van der Waals surface area contributed by atoms with Crippen molar-refractivity contribution in [1.29, 1.82) is 0 Å². The molecule has 0 atom stereocenters. The second-order valence-electron chi connectivity index (χ2n) is 5.12. The molecule has 0 spiro atoms. The van der Waals surface area contributed by atoms with Gasteiger partial charge in [0.25, 0.3) is 0 Å². The lowest BCUT2D eigenvalue weighted by molar-refractivity contribution is -0.138. The zero-order valence-electron chi connectivity index (χ0n) is 12.4. The van der Waals surface area contributed by atoms with Gasteiger partial charge >= 0.3 is 5.97 Å². The Labute approximate surface area is 148 Å². The Bertz CT molecular complexity index is 843. The summed E-state index contributed by atoms with van der Waals surface area (Å²) in [5, 5.41) is 0.648. The fourth-order valence-corrected chi connectivity index (χ4v) is 2.76. The SMILES string of the molecule is O=C(OCC(=O)c1ccc(Cl)cc1Cl)C1=Cc2ccccc2OC1. The first-order valence-corrected chi connectivity index (χ1v) is 7.88. The molecule has 0 amide bonds. The maximum atomic E-state index is 12.1. The minimum atomic E-state index is -0.595. The van der Waals surface area contributed by atoms with Crippen LogP contribution in [0.5, 0.6) is 5.75 Å². The Balaban J connectivity index is 1.66. The van der Waals surface area contributed by atoms with Crippen LogP contribution in [0.2, 0.25) is 10.0 Å². The van der Waals surface area contributed by atoms with Gasteiger partial charge < -0.3 is 9.47 Å². The molecule has 0 aliphatic carbocycles. The van der Waals surface area contributed by atoms with Gasteiger partial charge in [0.05, 0.1) is 10.6 Å². The van der Waals surface area contributed by atoms with Crippen molar-refractivity contribution >= 4 is 41.0 Å². The van der Waals surface area contributed by atoms with E-state index in [9.17, 15) is 9.59 Å². The van der Waals surface area contributed by atoms with E-state index >= 15 is 0 Å². The van der Waals surface area contributed by atoms with Crippen LogP contribution in [0.25, 0.3) is 6.08 Å². The molecule has 2 aromatic rings. The van der Waals surface area contributed by atoms with Crippen LogP contribution in [0.3, 0.4) is 0 Å². The molecule has 3 rings (SSSR count). The first kappa shape index (κ1) is 16.6. The van der Waals surface area contributed by atoms with E-state index in [-0.39, 0.29) is 17.2 Å². The average Bonchev–Trinajstić information content (AvgIpc) is 2.59. The van der Waals surface area contributed by atoms with E-state index in [1.807, 2.05) is 24.3 Å². The molecule has 122 valence electrons. The summed E-state index contributed by atoms with van der Waals surface area (Å²) >= 11 is 11.8. The van der Waals surface area contributed by atoms with Crippen LogP contribution < -0.4 is 4.74 Å². The first-order chi connectivity index (χ1) is 11.5. The van der Waals surface area contributed by atoms with Crippen molar-refractivity contribution in [3.8, 4) is 5.75 Å². The number of ether oxygens (including phenoxy) is 2. The van der Waals surface area contributed by atoms with Crippen molar-refractivity contribution in [3.63, 3.8) is 0 Å². The molecule has 6 heteroatoms. The Kier molecular flexibility index (Phi) is 4.88. The topological polar surface area (TPSA) is 52.6 Å². The minimum absolute atomic E-state index is 0.103. The van der Waals surface area contributed by atoms with Crippen molar-refractivity contribution < 1.29 is 19.1 Å². The number of fused-ring (bicyclic) bond motifs is 1. The van der Waals surface area contributed by atoms with Gasteiger partial charge in [-0.3, -0.25) is 4.79 Å². The van der Waals surface area contributed by atoms with Crippen LogP contribution in [0.1, 0.15) is 15.9 Å². The molecule has 0 unspecified atom stereocenters. The number of hydrogen-bond donors (Lipinski definition) is 0. The number of benzene rings is 2. The van der Waals surface area contributed by atoms with Gasteiger partial charge in [-0.15, -0.1) is 0 Å². The van der Waals surface area contributed by atoms with Crippen molar-refractivity contribution in [1.82, 2.24) is 0 Å². The summed E-state index contributed by atoms with van der Waals surface area (Å²) in [4.78, 5) is 24.2. The number of Topliss-reactive ketones (excluding diaryl/α,β-unsaturated/α-hetero) is 1. The highest BCUT2D eigenvalue weighted by atomic mass is 35.5. The summed E-state index contributed by atoms with van der Waals surface area (Å²) in [6.07, 6.45) is 1.70. The Morgan fingerprint density at radius 3 is 2.71 bits per heavy atom. The lowest BCUT2D eigenvalue weighted by Crippen LogP contribution is -2.20. The number of halogens is 2. The molecule has 0 radical (unpaired) electrons. The largest absolute Gasteiger partial charge is 0.488 e. The van der Waals surface area contributed by atoms with E-state index in [2.05, 4.69) is 0 Å². The van der Waals surface area contributed by atoms with E-state index in [1.54, 1.807) is 12.1 Å². The summed E-state index contributed by atoms with van der Waals surface area (Å²) in [5.74, 6) is -0.288. The summed E-state index contributed by atoms with van der Waals surface area (Å²) < 4.78 is 10.6. The lowest BCUT2D eigenvalue weighted by Gasteiger charge is -2.16. The summed E-state index contributed by atoms with van der Waals surface area (Å²) in [7, 11) is 0. The van der Waals surface area contributed by atoms with Crippen molar-refractivity contribution in [2.45, 2.75) is 0 Å². The van der Waals surface area contributed by atoms with Gasteiger partial charge in [-0.25, -0.2) is 4.79 Å². The van der Waals surface area contributed by atoms with E-state index in [0.717, 1.165) is 5.56 Å². The molecule has 0 saturated carbocycles. The summed E-state index contributed by atoms with van der Waals surface area (Å²) in [6.45, 7) is -0.301. The van der Waals surface area contributed by atoms with Crippen LogP contribution in [0.4, 0.5) is 0 Å². The molecule has 1 aliphatic heterocycles. The first-order valence-electron chi connectivity index (χ1n) is 7.12. The van der Waals surface area contributed by atoms with Gasteiger partial charge in [-0.05, 0) is 30.3 Å². The molecule has 2 aromatic carbocycles. The molecule has 0 aromatic heterocycles. The van der Waals surface area contributed by atoms with Crippen LogP contribution in [-0.4, -0.2) is 25.0 Å². The molecule has 1 heterocycles. The Hall–Kier alpha value is -2.30. The molecule has 0 bridgehead atoms. The number of rotatable bonds is 4. The minimum Gasteiger partial charge on any atom is -0.488 e. The predicted octanol–water partition coefficient (Wildman–Crippen LogP) is 4.20. The Morgan fingerprint density at radius 1 is 1.12 bits per heavy atom. The van der Waals surface area contributed by atoms with Crippen molar-refractivity contribution in [2.24, 2.45) is 0 Å². The van der Waals surface area contributed by atoms with Crippen molar-refractivity contribution in [3.05, 3.63) is 69.2 Å². The van der Waals surface area contributed by atoms with Gasteiger partial charge in [0.15, 0.2) is 6.61 Å². The molecular formula is C18H12Cl2O4. The van der Waals surface area contributed by atoms with E-state index < -0.39 is 18.4 Å². The van der Waals surface area contributed by atoms with E-state index in [0.29, 0.717) is 16.3 Å².